The minimum Gasteiger partial charge on any atom is -0.244 e. The van der Waals surface area contributed by atoms with Gasteiger partial charge in [-0.15, -0.1) is 5.10 Å². The van der Waals surface area contributed by atoms with Crippen LogP contribution in [0.25, 0.3) is 11.0 Å². The van der Waals surface area contributed by atoms with Gasteiger partial charge < -0.3 is 0 Å². The number of benzene rings is 1. The maximum Gasteiger partial charge on any atom is 0.117 e. The highest BCUT2D eigenvalue weighted by atomic mass is 79.9. The van der Waals surface area contributed by atoms with E-state index in [2.05, 4.69) is 45.3 Å². The minimum atomic E-state index is 0.832. The van der Waals surface area contributed by atoms with Crippen molar-refractivity contribution in [1.29, 1.82) is 0 Å². The van der Waals surface area contributed by atoms with Crippen molar-refractivity contribution in [2.75, 3.05) is 0 Å². The Morgan fingerprint density at radius 2 is 2.27 bits per heavy atom. The first-order chi connectivity index (χ1) is 7.25. The van der Waals surface area contributed by atoms with Crippen molar-refractivity contribution < 1.29 is 0 Å². The predicted octanol–water partition coefficient (Wildman–Crippen LogP) is 2.91. The molecule has 1 aromatic heterocycles. The second kappa shape index (κ2) is 3.30. The summed E-state index contributed by atoms with van der Waals surface area (Å²) in [5.41, 5.74) is 3.35. The van der Waals surface area contributed by atoms with Crippen LogP contribution < -0.4 is 0 Å². The second-order valence-electron chi connectivity index (χ2n) is 4.26. The Kier molecular flexibility index (Phi) is 2.06. The van der Waals surface area contributed by atoms with Gasteiger partial charge in [-0.1, -0.05) is 21.1 Å². The molecule has 3 nitrogen and oxygen atoms in total. The molecule has 0 amide bonds. The van der Waals surface area contributed by atoms with Gasteiger partial charge >= 0.3 is 0 Å². The molecule has 1 saturated carbocycles. The third-order valence-corrected chi connectivity index (χ3v) is 3.86. The molecule has 1 fully saturated rings. The number of hydrogen-bond donors (Lipinski definition) is 0. The molecule has 0 N–H and O–H groups in total. The summed E-state index contributed by atoms with van der Waals surface area (Å²) < 4.78 is 3.14. The molecule has 1 heterocycles. The Balaban J connectivity index is 2.12. The fourth-order valence-corrected chi connectivity index (χ4v) is 2.14. The molecule has 1 aliphatic rings. The normalized spacial score (nSPS) is 16.1. The molecule has 15 heavy (non-hydrogen) atoms. The van der Waals surface area contributed by atoms with E-state index in [0.717, 1.165) is 28.0 Å². The van der Waals surface area contributed by atoms with Crippen LogP contribution in [0.2, 0.25) is 0 Å². The number of rotatable bonds is 2. The van der Waals surface area contributed by atoms with Crippen molar-refractivity contribution in [3.8, 4) is 0 Å². The van der Waals surface area contributed by atoms with E-state index in [1.54, 1.807) is 0 Å². The molecule has 0 bridgehead atoms. The van der Waals surface area contributed by atoms with E-state index in [1.165, 1.54) is 18.4 Å². The lowest BCUT2D eigenvalue weighted by atomic mass is 10.2. The van der Waals surface area contributed by atoms with Crippen LogP contribution in [0.4, 0.5) is 0 Å². The molecule has 78 valence electrons. The van der Waals surface area contributed by atoms with Crippen molar-refractivity contribution in [3.05, 3.63) is 22.2 Å². The molecule has 0 spiro atoms. The van der Waals surface area contributed by atoms with Crippen molar-refractivity contribution in [2.24, 2.45) is 5.92 Å². The number of aryl methyl sites for hydroxylation is 1. The predicted molar refractivity (Wildman–Crippen MR) is 62.7 cm³/mol. The highest BCUT2D eigenvalue weighted by Crippen LogP contribution is 2.32. The van der Waals surface area contributed by atoms with Gasteiger partial charge in [-0.05, 0) is 43.4 Å². The summed E-state index contributed by atoms with van der Waals surface area (Å²) in [4.78, 5) is 0. The van der Waals surface area contributed by atoms with Gasteiger partial charge in [0.15, 0.2) is 0 Å². The molecular weight excluding hydrogens is 254 g/mol. The lowest BCUT2D eigenvalue weighted by Crippen LogP contribution is -2.01. The number of fused-ring (bicyclic) bond motifs is 1. The van der Waals surface area contributed by atoms with Crippen LogP contribution in [0.3, 0.4) is 0 Å². The van der Waals surface area contributed by atoms with Gasteiger partial charge in [0.2, 0.25) is 0 Å². The molecule has 4 heteroatoms. The molecule has 0 unspecified atom stereocenters. The standard InChI is InChI=1S/C11H12BrN3/c1-7-9(12)4-5-10-11(7)13-14-15(10)6-8-2-3-8/h4-5,8H,2-3,6H2,1H3. The Hall–Kier alpha value is -0.900. The zero-order valence-electron chi connectivity index (χ0n) is 8.57. The van der Waals surface area contributed by atoms with E-state index >= 15 is 0 Å². The summed E-state index contributed by atoms with van der Waals surface area (Å²) in [6, 6.07) is 4.17. The third-order valence-electron chi connectivity index (χ3n) is 3.00. The Morgan fingerprint density at radius 3 is 3.00 bits per heavy atom. The van der Waals surface area contributed by atoms with Gasteiger partial charge in [0.25, 0.3) is 0 Å². The molecule has 0 atom stereocenters. The average molecular weight is 266 g/mol. The van der Waals surface area contributed by atoms with Gasteiger partial charge in [-0.25, -0.2) is 4.68 Å². The van der Waals surface area contributed by atoms with Gasteiger partial charge in [0, 0.05) is 11.0 Å². The van der Waals surface area contributed by atoms with E-state index in [4.69, 9.17) is 0 Å². The van der Waals surface area contributed by atoms with Crippen molar-refractivity contribution in [1.82, 2.24) is 15.0 Å². The smallest absolute Gasteiger partial charge is 0.117 e. The van der Waals surface area contributed by atoms with Crippen LogP contribution in [0.15, 0.2) is 16.6 Å². The highest BCUT2D eigenvalue weighted by molar-refractivity contribution is 9.10. The van der Waals surface area contributed by atoms with Gasteiger partial charge in [0.05, 0.1) is 5.52 Å². The molecule has 2 aromatic rings. The first-order valence-corrected chi connectivity index (χ1v) is 6.03. The zero-order valence-corrected chi connectivity index (χ0v) is 10.2. The highest BCUT2D eigenvalue weighted by Gasteiger charge is 2.23. The molecule has 1 aromatic carbocycles. The summed E-state index contributed by atoms with van der Waals surface area (Å²) in [7, 11) is 0. The molecule has 0 saturated heterocycles. The van der Waals surface area contributed by atoms with Gasteiger partial charge in [-0.2, -0.15) is 0 Å². The topological polar surface area (TPSA) is 30.7 Å². The van der Waals surface area contributed by atoms with Crippen LogP contribution >= 0.6 is 15.9 Å². The van der Waals surface area contributed by atoms with Crippen LogP contribution in [0, 0.1) is 12.8 Å². The maximum atomic E-state index is 4.24. The number of hydrogen-bond acceptors (Lipinski definition) is 2. The van der Waals surface area contributed by atoms with Crippen LogP contribution in [-0.4, -0.2) is 15.0 Å². The monoisotopic (exact) mass is 265 g/mol. The van der Waals surface area contributed by atoms with Crippen molar-refractivity contribution in [3.63, 3.8) is 0 Å². The van der Waals surface area contributed by atoms with E-state index in [9.17, 15) is 0 Å². The van der Waals surface area contributed by atoms with Gasteiger partial charge in [-0.3, -0.25) is 0 Å². The van der Waals surface area contributed by atoms with E-state index in [1.807, 2.05) is 4.68 Å². The summed E-state index contributed by atoms with van der Waals surface area (Å²) in [5.74, 6) is 0.832. The van der Waals surface area contributed by atoms with E-state index in [0.29, 0.717) is 0 Å². The minimum absolute atomic E-state index is 0.832. The van der Waals surface area contributed by atoms with Crippen LogP contribution in [0.5, 0.6) is 0 Å². The quantitative estimate of drug-likeness (QED) is 0.836. The Morgan fingerprint density at radius 1 is 1.47 bits per heavy atom. The molecule has 0 radical (unpaired) electrons. The number of nitrogens with zero attached hydrogens (tertiary/aromatic N) is 3. The summed E-state index contributed by atoms with van der Waals surface area (Å²) in [6.45, 7) is 3.10. The largest absolute Gasteiger partial charge is 0.244 e. The fourth-order valence-electron chi connectivity index (χ4n) is 1.82. The van der Waals surface area contributed by atoms with Crippen molar-refractivity contribution >= 4 is 27.0 Å². The summed E-state index contributed by atoms with van der Waals surface area (Å²) >= 11 is 3.51. The molecular formula is C11H12BrN3. The lowest BCUT2D eigenvalue weighted by molar-refractivity contribution is 0.559. The van der Waals surface area contributed by atoms with E-state index in [-0.39, 0.29) is 0 Å². The fraction of sp³-hybridized carbons (Fsp3) is 0.455. The SMILES string of the molecule is Cc1c(Br)ccc2c1nnn2CC1CC1. The van der Waals surface area contributed by atoms with E-state index < -0.39 is 0 Å². The zero-order chi connectivity index (χ0) is 10.4. The average Bonchev–Trinajstić information content (AvgIpc) is 2.93. The van der Waals surface area contributed by atoms with Crippen LogP contribution in [0.1, 0.15) is 18.4 Å². The van der Waals surface area contributed by atoms with Gasteiger partial charge in [0.1, 0.15) is 5.52 Å². The molecule has 3 rings (SSSR count). The maximum absolute atomic E-state index is 4.24. The number of aromatic nitrogens is 3. The second-order valence-corrected chi connectivity index (χ2v) is 5.11. The first-order valence-electron chi connectivity index (χ1n) is 5.24. The molecule has 0 aliphatic heterocycles. The lowest BCUT2D eigenvalue weighted by Gasteiger charge is -2.01. The summed E-state index contributed by atoms with van der Waals surface area (Å²) in [6.07, 6.45) is 2.69. The van der Waals surface area contributed by atoms with Crippen molar-refractivity contribution in [2.45, 2.75) is 26.3 Å². The van der Waals surface area contributed by atoms with Crippen LogP contribution in [-0.2, 0) is 6.54 Å². The summed E-state index contributed by atoms with van der Waals surface area (Å²) in [5, 5.41) is 8.47. The number of halogens is 1. The Labute approximate surface area is 96.6 Å². The Bertz CT molecular complexity index is 514. The molecule has 1 aliphatic carbocycles. The first kappa shape index (κ1) is 9.33. The third kappa shape index (κ3) is 1.57.